The minimum Gasteiger partial charge on any atom is -0.206 e. The van der Waals surface area contributed by atoms with Crippen LogP contribution in [0.25, 0.3) is 0 Å². The molecule has 0 aliphatic rings. The molecule has 22 heavy (non-hydrogen) atoms. The molecule has 0 aromatic carbocycles. The molecule has 0 aromatic rings. The molecule has 0 aliphatic carbocycles. The third-order valence-electron chi connectivity index (χ3n) is 1.27. The smallest absolute Gasteiger partial charge is 0.136 e. The molecule has 0 aromatic heterocycles. The molecule has 0 saturated carbocycles. The highest BCUT2D eigenvalue weighted by Gasteiger charge is 2.02. The maximum absolute atomic E-state index is 12.8. The number of hydrogen-bond acceptors (Lipinski definition) is 1. The average Bonchev–Trinajstić information content (AvgIpc) is 2.66. The van der Waals surface area contributed by atoms with E-state index in [1.807, 2.05) is 69.2 Å². The topological polar surface area (TPSA) is 0 Å². The van der Waals surface area contributed by atoms with Gasteiger partial charge in [-0.3, -0.25) is 0 Å². The minimum atomic E-state index is -0.466. The first-order valence-corrected chi connectivity index (χ1v) is 8.83. The molecule has 0 aliphatic heterocycles. The molecule has 0 nitrogen and oxygen atoms in total. The van der Waals surface area contributed by atoms with Gasteiger partial charge in [-0.1, -0.05) is 107 Å². The van der Waals surface area contributed by atoms with Gasteiger partial charge in [-0.25, -0.2) is 4.39 Å². The molecule has 0 radical (unpaired) electrons. The second kappa shape index (κ2) is 50.2. The average molecular weight is 333 g/mol. The van der Waals surface area contributed by atoms with Gasteiger partial charge in [0.1, 0.15) is 5.83 Å². The van der Waals surface area contributed by atoms with Crippen molar-refractivity contribution in [2.24, 2.45) is 0 Å². The molecule has 2 heteroatoms. The lowest BCUT2D eigenvalue weighted by Gasteiger charge is -2.01. The predicted octanol–water partition coefficient (Wildman–Crippen LogP) is 8.71. The third-order valence-corrected chi connectivity index (χ3v) is 1.49. The normalized spacial score (nSPS) is 8.18. The number of allylic oxidation sites excluding steroid dienone is 6. The van der Waals surface area contributed by atoms with Crippen LogP contribution in [-0.4, -0.2) is 0 Å². The van der Waals surface area contributed by atoms with Gasteiger partial charge >= 0.3 is 0 Å². The summed E-state index contributed by atoms with van der Waals surface area (Å²) in [5.41, 5.74) is 0.868. The van der Waals surface area contributed by atoms with Gasteiger partial charge in [-0.05, 0) is 5.57 Å². The fourth-order valence-electron chi connectivity index (χ4n) is 0.635. The van der Waals surface area contributed by atoms with Crippen molar-refractivity contribution in [2.75, 3.05) is 0 Å². The quantitative estimate of drug-likeness (QED) is 0.386. The summed E-state index contributed by atoms with van der Waals surface area (Å²) in [5, 5.41) is 1.06. The van der Waals surface area contributed by atoms with Crippen LogP contribution in [0.15, 0.2) is 60.3 Å². The Balaban J connectivity index is -0.0000000540. The van der Waals surface area contributed by atoms with Crippen molar-refractivity contribution in [3.63, 3.8) is 0 Å². The fraction of sp³-hybridized carbons (Fsp3) is 0.500. The molecule has 0 atom stereocenters. The molecule has 0 spiro atoms. The number of thiol groups is 1. The molecule has 134 valence electrons. The largest absolute Gasteiger partial charge is 0.206 e. The third kappa shape index (κ3) is 31.4. The summed E-state index contributed by atoms with van der Waals surface area (Å²) in [7, 11) is 0. The van der Waals surface area contributed by atoms with Gasteiger partial charge in [-0.15, -0.1) is 12.6 Å². The monoisotopic (exact) mass is 332 g/mol. The van der Waals surface area contributed by atoms with E-state index in [1.165, 1.54) is 6.08 Å². The molecule has 0 fully saturated rings. The molecule has 0 bridgehead atoms. The van der Waals surface area contributed by atoms with Gasteiger partial charge in [0.05, 0.1) is 0 Å². The summed E-state index contributed by atoms with van der Waals surface area (Å²) in [6.45, 7) is 30.5. The second-order valence-electron chi connectivity index (χ2n) is 2.02. The van der Waals surface area contributed by atoms with E-state index in [4.69, 9.17) is 0 Å². The zero-order valence-corrected chi connectivity index (χ0v) is 17.7. The molecule has 0 rings (SSSR count). The zero-order chi connectivity index (χ0) is 19.6. The van der Waals surface area contributed by atoms with Crippen LogP contribution in [0.1, 0.15) is 69.2 Å². The van der Waals surface area contributed by atoms with Crippen molar-refractivity contribution in [3.8, 4) is 0 Å². The van der Waals surface area contributed by atoms with E-state index >= 15 is 0 Å². The van der Waals surface area contributed by atoms with E-state index in [0.717, 1.165) is 5.41 Å². The highest BCUT2D eigenvalue weighted by molar-refractivity contribution is 7.83. The summed E-state index contributed by atoms with van der Waals surface area (Å²) in [5.74, 6) is -0.466. The molecule has 0 unspecified atom stereocenters. The molecule has 0 N–H and O–H groups in total. The first kappa shape index (κ1) is 37.3. The molecule has 0 heterocycles. The van der Waals surface area contributed by atoms with Crippen LogP contribution in [0.5, 0.6) is 0 Å². The Morgan fingerprint density at radius 2 is 1.14 bits per heavy atom. The Hall–Kier alpha value is -1.02. The first-order chi connectivity index (χ1) is 10.7. The number of halogens is 1. The van der Waals surface area contributed by atoms with Crippen LogP contribution >= 0.6 is 12.6 Å². The summed E-state index contributed by atoms with van der Waals surface area (Å²) >= 11 is 3.67. The summed E-state index contributed by atoms with van der Waals surface area (Å²) in [4.78, 5) is 0. The Morgan fingerprint density at radius 3 is 1.32 bits per heavy atom. The highest BCUT2D eigenvalue weighted by atomic mass is 32.1. The maximum Gasteiger partial charge on any atom is 0.136 e. The van der Waals surface area contributed by atoms with E-state index in [1.54, 1.807) is 12.2 Å². The Kier molecular flexibility index (Phi) is 85.1. The van der Waals surface area contributed by atoms with E-state index in [-0.39, 0.29) is 5.57 Å². The maximum atomic E-state index is 12.8. The van der Waals surface area contributed by atoms with Crippen LogP contribution in [0.2, 0.25) is 0 Å². The molecule has 0 saturated heterocycles. The second-order valence-corrected chi connectivity index (χ2v) is 2.28. The fourth-order valence-corrected chi connectivity index (χ4v) is 0.790. The Morgan fingerprint density at radius 1 is 0.818 bits per heavy atom. The van der Waals surface area contributed by atoms with Gasteiger partial charge in [0.2, 0.25) is 0 Å². The SMILES string of the molecule is C=C/C=C(\C=C)C(=C)/C(F)=C\S.CC.CC.CC.CC.CC. The van der Waals surface area contributed by atoms with E-state index in [2.05, 4.69) is 32.4 Å². The van der Waals surface area contributed by atoms with Gasteiger partial charge in [0.25, 0.3) is 0 Å². The van der Waals surface area contributed by atoms with Crippen molar-refractivity contribution in [1.82, 2.24) is 0 Å². The minimum absolute atomic E-state index is 0.264. The summed E-state index contributed by atoms with van der Waals surface area (Å²) < 4.78 is 12.8. The van der Waals surface area contributed by atoms with E-state index < -0.39 is 5.83 Å². The predicted molar refractivity (Wildman–Crippen MR) is 113 cm³/mol. The van der Waals surface area contributed by atoms with Crippen molar-refractivity contribution in [2.45, 2.75) is 69.2 Å². The van der Waals surface area contributed by atoms with E-state index in [9.17, 15) is 4.39 Å². The van der Waals surface area contributed by atoms with Crippen LogP contribution in [0.4, 0.5) is 4.39 Å². The molecular weight excluding hydrogens is 291 g/mol. The lowest BCUT2D eigenvalue weighted by molar-refractivity contribution is 0.659. The highest BCUT2D eigenvalue weighted by Crippen LogP contribution is 2.19. The lowest BCUT2D eigenvalue weighted by Crippen LogP contribution is -1.84. The zero-order valence-electron chi connectivity index (χ0n) is 16.8. The van der Waals surface area contributed by atoms with Crippen molar-refractivity contribution in [1.29, 1.82) is 0 Å². The van der Waals surface area contributed by atoms with E-state index in [0.29, 0.717) is 5.57 Å². The Labute approximate surface area is 147 Å². The Bertz CT molecular complexity index is 261. The van der Waals surface area contributed by atoms with Crippen molar-refractivity contribution < 1.29 is 4.39 Å². The van der Waals surface area contributed by atoms with Gasteiger partial charge in [0, 0.05) is 11.0 Å². The summed E-state index contributed by atoms with van der Waals surface area (Å²) in [6.07, 6.45) is 4.70. The van der Waals surface area contributed by atoms with Crippen molar-refractivity contribution in [3.05, 3.63) is 60.3 Å². The van der Waals surface area contributed by atoms with Crippen LogP contribution in [-0.2, 0) is 0 Å². The van der Waals surface area contributed by atoms with Crippen LogP contribution < -0.4 is 0 Å². The lowest BCUT2D eigenvalue weighted by atomic mass is 10.1. The standard InChI is InChI=1S/C10H11FS.5C2H6/c1-4-6-9(5-2)8(3)10(11)7-12;5*1-2/h4-7,12H,1-3H2;5*1-2H3/b9-6+,10-7+;;;;;. The van der Waals surface area contributed by atoms with Gasteiger partial charge in [0.15, 0.2) is 0 Å². The first-order valence-electron chi connectivity index (χ1n) is 8.32. The number of rotatable bonds is 4. The van der Waals surface area contributed by atoms with Gasteiger partial charge in [-0.2, -0.15) is 0 Å². The van der Waals surface area contributed by atoms with Crippen LogP contribution in [0.3, 0.4) is 0 Å². The van der Waals surface area contributed by atoms with Crippen LogP contribution in [0, 0.1) is 0 Å². The molecule has 0 amide bonds. The summed E-state index contributed by atoms with van der Waals surface area (Å²) in [6, 6.07) is 0. The number of hydrogen-bond donors (Lipinski definition) is 1. The van der Waals surface area contributed by atoms with Gasteiger partial charge < -0.3 is 0 Å². The molecular formula is C20H41FS. The van der Waals surface area contributed by atoms with Crippen molar-refractivity contribution >= 4 is 12.6 Å².